The number of benzene rings is 10. The van der Waals surface area contributed by atoms with Gasteiger partial charge >= 0.3 is 0 Å². The van der Waals surface area contributed by atoms with Crippen LogP contribution in [0.15, 0.2) is 243 Å². The molecule has 0 spiro atoms. The maximum atomic E-state index is 2.50. The molecule has 10 aromatic carbocycles. The van der Waals surface area contributed by atoms with Crippen molar-refractivity contribution in [1.29, 1.82) is 0 Å². The zero-order valence-electron chi connectivity index (χ0n) is 34.9. The third-order valence-electron chi connectivity index (χ3n) is 13.0. The van der Waals surface area contributed by atoms with Crippen LogP contribution in [-0.2, 0) is 0 Å². The van der Waals surface area contributed by atoms with Gasteiger partial charge in [-0.25, -0.2) is 0 Å². The highest BCUT2D eigenvalue weighted by molar-refractivity contribution is 6.18. The lowest BCUT2D eigenvalue weighted by molar-refractivity contribution is 1.16. The third-order valence-corrected chi connectivity index (χ3v) is 13.0. The van der Waals surface area contributed by atoms with E-state index in [1.807, 2.05) is 0 Å². The number of fused-ring (bicyclic) bond motifs is 9. The van der Waals surface area contributed by atoms with Gasteiger partial charge < -0.3 is 18.6 Å². The Morgan fingerprint density at radius 1 is 0.281 bits per heavy atom. The summed E-state index contributed by atoms with van der Waals surface area (Å²) >= 11 is 0. The van der Waals surface area contributed by atoms with Crippen LogP contribution < -0.4 is 4.90 Å². The van der Waals surface area contributed by atoms with Crippen LogP contribution in [0, 0.1) is 0 Å². The van der Waals surface area contributed by atoms with Gasteiger partial charge in [-0.1, -0.05) is 164 Å². The molecule has 3 aromatic heterocycles. The second kappa shape index (κ2) is 14.5. The Kier molecular flexibility index (Phi) is 8.18. The normalized spacial score (nSPS) is 11.8. The summed E-state index contributed by atoms with van der Waals surface area (Å²) in [6.45, 7) is 0. The van der Waals surface area contributed by atoms with Crippen LogP contribution in [0.25, 0.3) is 93.6 Å². The van der Waals surface area contributed by atoms with Crippen molar-refractivity contribution in [2.75, 3.05) is 4.90 Å². The fourth-order valence-corrected chi connectivity index (χ4v) is 10.3. The van der Waals surface area contributed by atoms with Crippen LogP contribution >= 0.6 is 0 Å². The van der Waals surface area contributed by atoms with Crippen LogP contribution in [0.1, 0.15) is 0 Å². The second-order valence-electron chi connectivity index (χ2n) is 16.5. The average molecular weight is 817 g/mol. The highest BCUT2D eigenvalue weighted by Crippen LogP contribution is 2.48. The Labute approximate surface area is 370 Å². The van der Waals surface area contributed by atoms with Crippen molar-refractivity contribution in [3.8, 4) is 28.2 Å². The number of rotatable bonds is 7. The SMILES string of the molecule is c1ccc(-c2ccccc2N(c2ccc3c4ccccc4n(-c4ccccc4)c3c2)c2cc(-n3c4ccccc4c4ccccc43)c3c4ccccc4n(-c4ccccc4)c3c2)cc1. The molecule has 0 aliphatic heterocycles. The lowest BCUT2D eigenvalue weighted by Gasteiger charge is -2.29. The molecule has 13 rings (SSSR count). The molecule has 0 atom stereocenters. The van der Waals surface area contributed by atoms with E-state index >= 15 is 0 Å². The van der Waals surface area contributed by atoms with Crippen molar-refractivity contribution < 1.29 is 0 Å². The van der Waals surface area contributed by atoms with Gasteiger partial charge in [-0.05, 0) is 84.4 Å². The number of para-hydroxylation sites is 7. The number of hydrogen-bond donors (Lipinski definition) is 0. The molecule has 0 fully saturated rings. The minimum absolute atomic E-state index is 1.05. The minimum Gasteiger partial charge on any atom is -0.310 e. The first-order chi connectivity index (χ1) is 31.8. The van der Waals surface area contributed by atoms with Gasteiger partial charge in [0.25, 0.3) is 0 Å². The largest absolute Gasteiger partial charge is 0.310 e. The van der Waals surface area contributed by atoms with E-state index in [1.54, 1.807) is 0 Å². The Hall–Kier alpha value is -8.60. The van der Waals surface area contributed by atoms with Crippen LogP contribution in [0.3, 0.4) is 0 Å². The van der Waals surface area contributed by atoms with Gasteiger partial charge in [0.1, 0.15) is 0 Å². The molecule has 3 heterocycles. The maximum Gasteiger partial charge on any atom is 0.0583 e. The number of aromatic nitrogens is 3. The number of anilines is 3. The molecule has 0 saturated carbocycles. The van der Waals surface area contributed by atoms with Crippen molar-refractivity contribution in [2.45, 2.75) is 0 Å². The molecule has 0 saturated heterocycles. The molecule has 0 radical (unpaired) electrons. The van der Waals surface area contributed by atoms with Gasteiger partial charge in [-0.2, -0.15) is 0 Å². The molecule has 4 heteroatoms. The summed E-state index contributed by atoms with van der Waals surface area (Å²) in [5.74, 6) is 0. The minimum atomic E-state index is 1.05. The summed E-state index contributed by atoms with van der Waals surface area (Å²) in [4.78, 5) is 2.48. The molecule has 13 aromatic rings. The summed E-state index contributed by atoms with van der Waals surface area (Å²) in [7, 11) is 0. The fourth-order valence-electron chi connectivity index (χ4n) is 10.3. The molecular weight excluding hydrogens is 777 g/mol. The maximum absolute atomic E-state index is 2.50. The quantitative estimate of drug-likeness (QED) is 0.157. The smallest absolute Gasteiger partial charge is 0.0583 e. The van der Waals surface area contributed by atoms with E-state index in [1.165, 1.54) is 48.9 Å². The zero-order chi connectivity index (χ0) is 42.1. The van der Waals surface area contributed by atoms with Gasteiger partial charge in [0.05, 0.1) is 50.2 Å². The molecule has 0 aliphatic rings. The van der Waals surface area contributed by atoms with Gasteiger partial charge in [0.15, 0.2) is 0 Å². The summed E-state index contributed by atoms with van der Waals surface area (Å²) < 4.78 is 7.36. The van der Waals surface area contributed by atoms with Crippen LogP contribution in [0.5, 0.6) is 0 Å². The molecule has 0 unspecified atom stereocenters. The zero-order valence-corrected chi connectivity index (χ0v) is 34.9. The molecule has 0 amide bonds. The van der Waals surface area contributed by atoms with E-state index in [4.69, 9.17) is 0 Å². The van der Waals surface area contributed by atoms with E-state index in [-0.39, 0.29) is 0 Å². The van der Waals surface area contributed by atoms with Gasteiger partial charge in [-0.15, -0.1) is 0 Å². The monoisotopic (exact) mass is 816 g/mol. The lowest BCUT2D eigenvalue weighted by atomic mass is 10.0. The highest BCUT2D eigenvalue weighted by Gasteiger charge is 2.25. The van der Waals surface area contributed by atoms with E-state index in [0.29, 0.717) is 0 Å². The summed E-state index contributed by atoms with van der Waals surface area (Å²) in [5, 5.41) is 7.31. The molecule has 0 bridgehead atoms. The lowest BCUT2D eigenvalue weighted by Crippen LogP contribution is -2.12. The molecule has 0 N–H and O–H groups in total. The predicted molar refractivity (Wildman–Crippen MR) is 270 cm³/mol. The van der Waals surface area contributed by atoms with E-state index in [2.05, 4.69) is 261 Å². The van der Waals surface area contributed by atoms with Crippen LogP contribution in [0.4, 0.5) is 17.1 Å². The Balaban J connectivity index is 1.20. The van der Waals surface area contributed by atoms with Crippen molar-refractivity contribution in [3.63, 3.8) is 0 Å². The van der Waals surface area contributed by atoms with E-state index in [0.717, 1.165) is 61.8 Å². The number of nitrogens with zero attached hydrogens (tertiary/aromatic N) is 4. The average Bonchev–Trinajstić information content (AvgIpc) is 4.00. The number of hydrogen-bond acceptors (Lipinski definition) is 1. The molecule has 4 nitrogen and oxygen atoms in total. The molecule has 64 heavy (non-hydrogen) atoms. The van der Waals surface area contributed by atoms with Gasteiger partial charge in [0.2, 0.25) is 0 Å². The molecule has 300 valence electrons. The van der Waals surface area contributed by atoms with Crippen molar-refractivity contribution in [3.05, 3.63) is 243 Å². The van der Waals surface area contributed by atoms with Crippen molar-refractivity contribution in [1.82, 2.24) is 13.7 Å². The Morgan fingerprint density at radius 2 is 0.719 bits per heavy atom. The van der Waals surface area contributed by atoms with Crippen molar-refractivity contribution >= 4 is 82.5 Å². The summed E-state index contributed by atoms with van der Waals surface area (Å²) in [6, 6.07) is 88.4. The van der Waals surface area contributed by atoms with E-state index in [9.17, 15) is 0 Å². The van der Waals surface area contributed by atoms with E-state index < -0.39 is 0 Å². The second-order valence-corrected chi connectivity index (χ2v) is 16.5. The standard InChI is InChI=1S/C60H40N4/c1-4-20-41(21-5-1)46-26-10-15-31-52(46)61(44-36-37-50-49-29-11-16-32-53(49)62(57(50)38-44)42-22-6-2-7-23-42)45-39-58-60(51-30-14-19-35-56(51)63(58)43-24-8-3-9-25-43)59(40-45)64-54-33-17-12-27-47(54)48-28-13-18-34-55(48)64/h1-40H. The topological polar surface area (TPSA) is 18.0 Å². The predicted octanol–water partition coefficient (Wildman–Crippen LogP) is 16.1. The molecule has 0 aliphatic carbocycles. The van der Waals surface area contributed by atoms with Gasteiger partial charge in [0, 0.05) is 54.9 Å². The highest BCUT2D eigenvalue weighted by atomic mass is 15.2. The molecular formula is C60H40N4. The summed E-state index contributed by atoms with van der Waals surface area (Å²) in [6.07, 6.45) is 0. The summed E-state index contributed by atoms with van der Waals surface area (Å²) in [5.41, 5.74) is 15.8. The van der Waals surface area contributed by atoms with Crippen LogP contribution in [-0.4, -0.2) is 13.7 Å². The first kappa shape index (κ1) is 36.1. The van der Waals surface area contributed by atoms with Crippen molar-refractivity contribution in [2.24, 2.45) is 0 Å². The fraction of sp³-hybridized carbons (Fsp3) is 0. The van der Waals surface area contributed by atoms with Crippen LogP contribution in [0.2, 0.25) is 0 Å². The Bertz CT molecular complexity index is 3840. The first-order valence-electron chi connectivity index (χ1n) is 21.9. The first-order valence-corrected chi connectivity index (χ1v) is 21.9. The van der Waals surface area contributed by atoms with Gasteiger partial charge in [-0.3, -0.25) is 0 Å². The third kappa shape index (κ3) is 5.49. The Morgan fingerprint density at radius 3 is 1.33 bits per heavy atom.